The van der Waals surface area contributed by atoms with Crippen LogP contribution in [0.5, 0.6) is 0 Å². The van der Waals surface area contributed by atoms with E-state index in [9.17, 15) is 5.21 Å². The standard InChI is InChI=1S/C8H16NOP/c1-7-4-3-5-8(2,11)6-9(7)10/h3-6,11H2,1-2H3. The monoisotopic (exact) mass is 173 g/mol. The Kier molecular flexibility index (Phi) is 2.54. The lowest BCUT2D eigenvalue weighted by atomic mass is 10.0. The van der Waals surface area contributed by atoms with Crippen molar-refractivity contribution in [1.82, 2.24) is 0 Å². The van der Waals surface area contributed by atoms with Crippen molar-refractivity contribution in [2.45, 2.75) is 38.3 Å². The van der Waals surface area contributed by atoms with Crippen molar-refractivity contribution in [1.29, 1.82) is 0 Å². The third-order valence-corrected chi connectivity index (χ3v) is 2.69. The van der Waals surface area contributed by atoms with Crippen LogP contribution in [0, 0.1) is 5.21 Å². The van der Waals surface area contributed by atoms with Crippen molar-refractivity contribution in [3.8, 4) is 0 Å². The minimum atomic E-state index is 0.125. The van der Waals surface area contributed by atoms with E-state index in [0.717, 1.165) is 29.7 Å². The Morgan fingerprint density at radius 1 is 1.64 bits per heavy atom. The van der Waals surface area contributed by atoms with Crippen LogP contribution in [0.4, 0.5) is 0 Å². The SMILES string of the molecule is CC1=[N+]([O-])CC(C)(P)CCC1. The van der Waals surface area contributed by atoms with Crippen LogP contribution in [0.15, 0.2) is 0 Å². The summed E-state index contributed by atoms with van der Waals surface area (Å²) in [6.07, 6.45) is 3.24. The van der Waals surface area contributed by atoms with Crippen LogP contribution < -0.4 is 0 Å². The van der Waals surface area contributed by atoms with Crippen LogP contribution >= 0.6 is 9.24 Å². The summed E-state index contributed by atoms with van der Waals surface area (Å²) in [4.78, 5) is 0. The number of hydrogen-bond donors (Lipinski definition) is 0. The van der Waals surface area contributed by atoms with Gasteiger partial charge < -0.3 is 5.21 Å². The molecule has 0 aromatic rings. The maximum atomic E-state index is 11.3. The Morgan fingerprint density at radius 3 is 2.91 bits per heavy atom. The van der Waals surface area contributed by atoms with E-state index in [1.807, 2.05) is 6.92 Å². The quantitative estimate of drug-likeness (QED) is 0.311. The van der Waals surface area contributed by atoms with Crippen molar-refractivity contribution < 1.29 is 4.74 Å². The van der Waals surface area contributed by atoms with Crippen molar-refractivity contribution in [3.63, 3.8) is 0 Å². The molecule has 0 amide bonds. The Morgan fingerprint density at radius 2 is 2.27 bits per heavy atom. The maximum absolute atomic E-state index is 11.3. The fourth-order valence-corrected chi connectivity index (χ4v) is 1.78. The van der Waals surface area contributed by atoms with Crippen LogP contribution in [0.2, 0.25) is 0 Å². The van der Waals surface area contributed by atoms with Gasteiger partial charge in [-0.2, -0.15) is 0 Å². The molecular formula is C8H16NOP. The summed E-state index contributed by atoms with van der Waals surface area (Å²) in [6.45, 7) is 4.68. The van der Waals surface area contributed by atoms with Crippen LogP contribution in [-0.2, 0) is 0 Å². The molecule has 0 aliphatic carbocycles. The van der Waals surface area contributed by atoms with E-state index in [1.54, 1.807) is 0 Å². The number of hydrogen-bond acceptors (Lipinski definition) is 1. The molecule has 2 nitrogen and oxygen atoms in total. The molecule has 1 aliphatic heterocycles. The van der Waals surface area contributed by atoms with Gasteiger partial charge >= 0.3 is 0 Å². The first kappa shape index (κ1) is 8.99. The largest absolute Gasteiger partial charge is 0.624 e. The fourth-order valence-electron chi connectivity index (χ4n) is 1.41. The minimum Gasteiger partial charge on any atom is -0.624 e. The molecule has 0 N–H and O–H groups in total. The number of rotatable bonds is 0. The Bertz CT molecular complexity index is 187. The van der Waals surface area contributed by atoms with Gasteiger partial charge in [0.05, 0.1) is 0 Å². The van der Waals surface area contributed by atoms with E-state index in [1.165, 1.54) is 0 Å². The van der Waals surface area contributed by atoms with Gasteiger partial charge in [-0.3, -0.25) is 0 Å². The molecule has 0 spiro atoms. The van der Waals surface area contributed by atoms with Gasteiger partial charge in [-0.25, -0.2) is 4.74 Å². The third-order valence-electron chi connectivity index (χ3n) is 2.22. The summed E-state index contributed by atoms with van der Waals surface area (Å²) >= 11 is 0. The van der Waals surface area contributed by atoms with Crippen LogP contribution in [0.1, 0.15) is 33.1 Å². The van der Waals surface area contributed by atoms with E-state index in [-0.39, 0.29) is 5.16 Å². The second kappa shape index (κ2) is 3.10. The summed E-state index contributed by atoms with van der Waals surface area (Å²) in [7, 11) is 2.78. The average molecular weight is 173 g/mol. The molecule has 64 valence electrons. The number of hydroxylamine groups is 1. The maximum Gasteiger partial charge on any atom is 0.162 e. The first-order valence-electron chi connectivity index (χ1n) is 4.07. The van der Waals surface area contributed by atoms with Gasteiger partial charge in [0.1, 0.15) is 0 Å². The zero-order chi connectivity index (χ0) is 8.48. The van der Waals surface area contributed by atoms with Gasteiger partial charge in [-0.15, -0.1) is 9.24 Å². The molecule has 1 rings (SSSR count). The fraction of sp³-hybridized carbons (Fsp3) is 0.875. The molecule has 0 bridgehead atoms. The molecular weight excluding hydrogens is 157 g/mol. The van der Waals surface area contributed by atoms with Crippen molar-refractivity contribution in [3.05, 3.63) is 5.21 Å². The molecule has 0 aromatic heterocycles. The molecule has 0 radical (unpaired) electrons. The van der Waals surface area contributed by atoms with Gasteiger partial charge in [-0.1, -0.05) is 6.92 Å². The van der Waals surface area contributed by atoms with Crippen LogP contribution in [0.25, 0.3) is 0 Å². The van der Waals surface area contributed by atoms with Crippen LogP contribution in [0.3, 0.4) is 0 Å². The van der Waals surface area contributed by atoms with Gasteiger partial charge in [0.25, 0.3) is 0 Å². The molecule has 0 fully saturated rings. The van der Waals surface area contributed by atoms with Gasteiger partial charge in [0.15, 0.2) is 12.3 Å². The molecule has 0 saturated carbocycles. The average Bonchev–Trinajstić information content (AvgIpc) is 1.93. The summed E-state index contributed by atoms with van der Waals surface area (Å²) < 4.78 is 1.14. The van der Waals surface area contributed by atoms with Crippen LogP contribution in [-0.4, -0.2) is 22.2 Å². The van der Waals surface area contributed by atoms with E-state index in [4.69, 9.17) is 0 Å². The predicted molar refractivity (Wildman–Crippen MR) is 51.1 cm³/mol. The van der Waals surface area contributed by atoms with Gasteiger partial charge in [-0.05, 0) is 12.8 Å². The molecule has 1 aliphatic rings. The first-order valence-corrected chi connectivity index (χ1v) is 4.65. The smallest absolute Gasteiger partial charge is 0.162 e. The second-order valence-corrected chi connectivity index (χ2v) is 5.17. The summed E-state index contributed by atoms with van der Waals surface area (Å²) in [6, 6.07) is 0. The summed E-state index contributed by atoms with van der Waals surface area (Å²) in [5.74, 6) is 0. The first-order chi connectivity index (χ1) is 5.01. The summed E-state index contributed by atoms with van der Waals surface area (Å²) in [5, 5.41) is 11.4. The third kappa shape index (κ3) is 2.44. The topological polar surface area (TPSA) is 26.1 Å². The van der Waals surface area contributed by atoms with Gasteiger partial charge in [0.2, 0.25) is 0 Å². The van der Waals surface area contributed by atoms with E-state index in [0.29, 0.717) is 6.54 Å². The highest BCUT2D eigenvalue weighted by atomic mass is 31.0. The highest BCUT2D eigenvalue weighted by Gasteiger charge is 2.26. The second-order valence-electron chi connectivity index (χ2n) is 3.78. The lowest BCUT2D eigenvalue weighted by Crippen LogP contribution is -2.27. The molecule has 2 unspecified atom stereocenters. The zero-order valence-corrected chi connectivity index (χ0v) is 8.42. The van der Waals surface area contributed by atoms with Crippen molar-refractivity contribution >= 4 is 15.0 Å². The highest BCUT2D eigenvalue weighted by molar-refractivity contribution is 7.18. The van der Waals surface area contributed by atoms with E-state index < -0.39 is 0 Å². The Balaban J connectivity index is 2.74. The summed E-state index contributed by atoms with van der Waals surface area (Å²) in [5.41, 5.74) is 0.983. The normalized spacial score (nSPS) is 33.7. The van der Waals surface area contributed by atoms with Crippen molar-refractivity contribution in [2.75, 3.05) is 6.54 Å². The van der Waals surface area contributed by atoms with E-state index >= 15 is 0 Å². The lowest BCUT2D eigenvalue weighted by Gasteiger charge is -2.19. The van der Waals surface area contributed by atoms with Crippen molar-refractivity contribution in [2.24, 2.45) is 0 Å². The minimum absolute atomic E-state index is 0.125. The molecule has 1 heterocycles. The van der Waals surface area contributed by atoms with E-state index in [2.05, 4.69) is 16.2 Å². The molecule has 3 heteroatoms. The Hall–Kier alpha value is -0.100. The zero-order valence-electron chi connectivity index (χ0n) is 7.26. The molecule has 0 aromatic carbocycles. The predicted octanol–water partition coefficient (Wildman–Crippen LogP) is 1.78. The number of nitrogens with zero attached hydrogens (tertiary/aromatic N) is 1. The molecule has 0 saturated heterocycles. The molecule has 2 atom stereocenters. The highest BCUT2D eigenvalue weighted by Crippen LogP contribution is 2.27. The van der Waals surface area contributed by atoms with Gasteiger partial charge in [0, 0.05) is 18.5 Å². The molecule has 11 heavy (non-hydrogen) atoms. The lowest BCUT2D eigenvalue weighted by molar-refractivity contribution is -0.462. The Labute approximate surface area is 70.5 Å².